The van der Waals surface area contributed by atoms with Crippen LogP contribution in [-0.4, -0.2) is 20.9 Å². The maximum Gasteiger partial charge on any atom is 0.255 e. The first kappa shape index (κ1) is 18.4. The number of hydrogen-bond donors (Lipinski definition) is 2. The van der Waals surface area contributed by atoms with Crippen molar-refractivity contribution in [2.75, 3.05) is 11.9 Å². The number of aryl methyl sites for hydroxylation is 1. The van der Waals surface area contributed by atoms with Gasteiger partial charge in [-0.15, -0.1) is 6.42 Å². The molecule has 0 atom stereocenters. The molecule has 124 valence electrons. The lowest BCUT2D eigenvalue weighted by Gasteiger charge is -2.09. The molecule has 0 spiro atoms. The molecule has 0 aromatic heterocycles. The summed E-state index contributed by atoms with van der Waals surface area (Å²) < 4.78 is 27.2. The first-order valence-corrected chi connectivity index (χ1v) is 9.50. The van der Waals surface area contributed by atoms with Crippen molar-refractivity contribution in [2.45, 2.75) is 11.8 Å². The highest BCUT2D eigenvalue weighted by atomic mass is 127. The molecule has 0 fully saturated rings. The molecule has 0 heterocycles. The summed E-state index contributed by atoms with van der Waals surface area (Å²) in [6.07, 6.45) is 5.04. The number of halogens is 1. The van der Waals surface area contributed by atoms with Crippen molar-refractivity contribution in [1.82, 2.24) is 4.72 Å². The molecule has 0 aliphatic rings. The monoisotopic (exact) mass is 454 g/mol. The fourth-order valence-corrected chi connectivity index (χ4v) is 3.55. The summed E-state index contributed by atoms with van der Waals surface area (Å²) in [7, 11) is -3.66. The minimum absolute atomic E-state index is 0.0553. The standard InChI is InChI=1S/C17H15IN2O3S/c1-3-10-19-24(22,23)15-7-4-13(5-8-15)17(21)20-16-9-6-14(18)11-12(16)2/h1,4-9,11,19H,10H2,2H3,(H,20,21). The number of benzene rings is 2. The zero-order chi connectivity index (χ0) is 17.7. The molecule has 7 heteroatoms. The third-order valence-electron chi connectivity index (χ3n) is 3.23. The van der Waals surface area contributed by atoms with Crippen molar-refractivity contribution in [1.29, 1.82) is 0 Å². The molecule has 2 aromatic rings. The Labute approximate surface area is 155 Å². The summed E-state index contributed by atoms with van der Waals surface area (Å²) in [5.74, 6) is 1.90. The van der Waals surface area contributed by atoms with Crippen molar-refractivity contribution in [3.05, 3.63) is 57.2 Å². The van der Waals surface area contributed by atoms with Gasteiger partial charge in [-0.05, 0) is 77.5 Å². The van der Waals surface area contributed by atoms with E-state index in [1.54, 1.807) is 0 Å². The maximum atomic E-state index is 12.3. The Balaban J connectivity index is 2.16. The summed E-state index contributed by atoms with van der Waals surface area (Å²) in [6, 6.07) is 11.4. The van der Waals surface area contributed by atoms with Crippen LogP contribution in [-0.2, 0) is 10.0 Å². The predicted octanol–water partition coefficient (Wildman–Crippen LogP) is 2.76. The Kier molecular flexibility index (Phi) is 5.99. The van der Waals surface area contributed by atoms with Crippen molar-refractivity contribution >= 4 is 44.2 Å². The molecule has 2 rings (SSSR count). The van der Waals surface area contributed by atoms with Crippen LogP contribution in [0.15, 0.2) is 47.4 Å². The van der Waals surface area contributed by atoms with Gasteiger partial charge in [0.05, 0.1) is 11.4 Å². The topological polar surface area (TPSA) is 75.3 Å². The molecular weight excluding hydrogens is 439 g/mol. The highest BCUT2D eigenvalue weighted by Gasteiger charge is 2.14. The van der Waals surface area contributed by atoms with Crippen LogP contribution in [0.4, 0.5) is 5.69 Å². The fraction of sp³-hybridized carbons (Fsp3) is 0.118. The molecular formula is C17H15IN2O3S. The predicted molar refractivity (Wildman–Crippen MR) is 102 cm³/mol. The molecule has 0 aliphatic carbocycles. The zero-order valence-electron chi connectivity index (χ0n) is 12.8. The average Bonchev–Trinajstić information content (AvgIpc) is 2.55. The Morgan fingerprint density at radius 2 is 1.88 bits per heavy atom. The molecule has 5 nitrogen and oxygen atoms in total. The molecule has 0 saturated carbocycles. The number of carbonyl (C=O) groups is 1. The summed E-state index contributed by atoms with van der Waals surface area (Å²) in [5, 5.41) is 2.81. The van der Waals surface area contributed by atoms with Gasteiger partial charge < -0.3 is 5.32 Å². The van der Waals surface area contributed by atoms with E-state index in [0.717, 1.165) is 9.13 Å². The number of carbonyl (C=O) groups excluding carboxylic acids is 1. The normalized spacial score (nSPS) is 10.9. The van der Waals surface area contributed by atoms with Gasteiger partial charge in [-0.1, -0.05) is 5.92 Å². The lowest BCUT2D eigenvalue weighted by atomic mass is 10.1. The Morgan fingerprint density at radius 1 is 1.21 bits per heavy atom. The largest absolute Gasteiger partial charge is 0.322 e. The molecule has 1 amide bonds. The minimum Gasteiger partial charge on any atom is -0.322 e. The third-order valence-corrected chi connectivity index (χ3v) is 5.32. The van der Waals surface area contributed by atoms with Crippen LogP contribution in [0.25, 0.3) is 0 Å². The van der Waals surface area contributed by atoms with E-state index in [0.29, 0.717) is 11.3 Å². The first-order chi connectivity index (χ1) is 11.3. The molecule has 2 N–H and O–H groups in total. The van der Waals surface area contributed by atoms with E-state index in [1.807, 2.05) is 25.1 Å². The highest BCUT2D eigenvalue weighted by Crippen LogP contribution is 2.19. The number of sulfonamides is 1. The quantitative estimate of drug-likeness (QED) is 0.539. The second-order valence-corrected chi connectivity index (χ2v) is 7.98. The van der Waals surface area contributed by atoms with E-state index >= 15 is 0 Å². The molecule has 0 bridgehead atoms. The van der Waals surface area contributed by atoms with Crippen molar-refractivity contribution in [3.63, 3.8) is 0 Å². The molecule has 24 heavy (non-hydrogen) atoms. The zero-order valence-corrected chi connectivity index (χ0v) is 15.8. The summed E-state index contributed by atoms with van der Waals surface area (Å²) in [6.45, 7) is 1.82. The molecule has 0 aliphatic heterocycles. The number of nitrogens with one attached hydrogen (secondary N) is 2. The van der Waals surface area contributed by atoms with Crippen LogP contribution in [0, 0.1) is 22.8 Å². The van der Waals surface area contributed by atoms with E-state index in [1.165, 1.54) is 24.3 Å². The molecule has 0 radical (unpaired) electrons. The molecule has 0 unspecified atom stereocenters. The van der Waals surface area contributed by atoms with Gasteiger partial charge in [-0.3, -0.25) is 4.79 Å². The van der Waals surface area contributed by atoms with E-state index in [-0.39, 0.29) is 17.3 Å². The van der Waals surface area contributed by atoms with Crippen molar-refractivity contribution < 1.29 is 13.2 Å². The lowest BCUT2D eigenvalue weighted by Crippen LogP contribution is -2.24. The van der Waals surface area contributed by atoms with Crippen molar-refractivity contribution in [2.24, 2.45) is 0 Å². The second kappa shape index (κ2) is 7.79. The molecule has 2 aromatic carbocycles. The van der Waals surface area contributed by atoms with E-state index < -0.39 is 10.0 Å². The summed E-state index contributed by atoms with van der Waals surface area (Å²) >= 11 is 2.20. The van der Waals surface area contributed by atoms with Gasteiger partial charge >= 0.3 is 0 Å². The van der Waals surface area contributed by atoms with Gasteiger partial charge in [0.25, 0.3) is 5.91 Å². The number of hydrogen-bond acceptors (Lipinski definition) is 3. The summed E-state index contributed by atoms with van der Waals surface area (Å²) in [4.78, 5) is 12.3. The first-order valence-electron chi connectivity index (χ1n) is 6.94. The summed E-state index contributed by atoms with van der Waals surface area (Å²) in [5.41, 5.74) is 2.03. The van der Waals surface area contributed by atoms with E-state index in [9.17, 15) is 13.2 Å². The van der Waals surface area contributed by atoms with Gasteiger partial charge in [-0.25, -0.2) is 8.42 Å². The van der Waals surface area contributed by atoms with E-state index in [4.69, 9.17) is 6.42 Å². The number of terminal acetylenes is 1. The van der Waals surface area contributed by atoms with Gasteiger partial charge in [0.1, 0.15) is 0 Å². The third kappa shape index (κ3) is 4.56. The van der Waals surface area contributed by atoms with Crippen LogP contribution in [0.5, 0.6) is 0 Å². The van der Waals surface area contributed by atoms with Crippen LogP contribution in [0.2, 0.25) is 0 Å². The van der Waals surface area contributed by atoms with Crippen LogP contribution < -0.4 is 10.0 Å². The number of amides is 1. The van der Waals surface area contributed by atoms with Gasteiger partial charge in [0.2, 0.25) is 10.0 Å². The Hall–Kier alpha value is -1.89. The SMILES string of the molecule is C#CCNS(=O)(=O)c1ccc(C(=O)Nc2ccc(I)cc2C)cc1. The van der Waals surface area contributed by atoms with Crippen LogP contribution in [0.3, 0.4) is 0 Å². The minimum atomic E-state index is -3.66. The van der Waals surface area contributed by atoms with Gasteiger partial charge in [0, 0.05) is 14.8 Å². The fourth-order valence-electron chi connectivity index (χ4n) is 1.97. The Bertz CT molecular complexity index is 900. The lowest BCUT2D eigenvalue weighted by molar-refractivity contribution is 0.102. The van der Waals surface area contributed by atoms with Crippen molar-refractivity contribution in [3.8, 4) is 12.3 Å². The van der Waals surface area contributed by atoms with Crippen LogP contribution >= 0.6 is 22.6 Å². The average molecular weight is 454 g/mol. The van der Waals surface area contributed by atoms with Crippen LogP contribution in [0.1, 0.15) is 15.9 Å². The highest BCUT2D eigenvalue weighted by molar-refractivity contribution is 14.1. The van der Waals surface area contributed by atoms with Gasteiger partial charge in [-0.2, -0.15) is 4.72 Å². The number of rotatable bonds is 5. The maximum absolute atomic E-state index is 12.3. The van der Waals surface area contributed by atoms with E-state index in [2.05, 4.69) is 38.6 Å². The van der Waals surface area contributed by atoms with Gasteiger partial charge in [0.15, 0.2) is 0 Å². The number of anilines is 1. The Morgan fingerprint density at radius 3 is 2.46 bits per heavy atom. The second-order valence-electron chi connectivity index (χ2n) is 4.97. The smallest absolute Gasteiger partial charge is 0.255 e. The molecule has 0 saturated heterocycles.